The highest BCUT2D eigenvalue weighted by molar-refractivity contribution is 5.03. The lowest BCUT2D eigenvalue weighted by Gasteiger charge is -2.29. The molecule has 1 aromatic rings. The van der Waals surface area contributed by atoms with Crippen LogP contribution in [0, 0.1) is 5.92 Å². The maximum Gasteiger partial charge on any atom is 0.280 e. The summed E-state index contributed by atoms with van der Waals surface area (Å²) in [5.41, 5.74) is -0.129. The molecule has 0 saturated heterocycles. The maximum atomic E-state index is 11.1. The largest absolute Gasteiger partial charge is 0.383 e. The molecule has 0 amide bonds. The number of aromatic amines is 1. The Hall–Kier alpha value is -1.03. The van der Waals surface area contributed by atoms with Crippen molar-refractivity contribution in [1.29, 1.82) is 0 Å². The minimum absolute atomic E-state index is 0.129. The second kappa shape index (κ2) is 6.61. The van der Waals surface area contributed by atoms with Crippen LogP contribution in [0.1, 0.15) is 69.5 Å². The van der Waals surface area contributed by atoms with Crippen LogP contribution in [0.3, 0.4) is 0 Å². The highest BCUT2D eigenvalue weighted by Crippen LogP contribution is 2.34. The predicted molar refractivity (Wildman–Crippen MR) is 76.9 cm³/mol. The number of aromatic nitrogens is 1. The third-order valence-corrected chi connectivity index (χ3v) is 4.91. The van der Waals surface area contributed by atoms with E-state index in [1.54, 1.807) is 6.07 Å². The Morgan fingerprint density at radius 3 is 2.50 bits per heavy atom. The van der Waals surface area contributed by atoms with E-state index in [-0.39, 0.29) is 5.56 Å². The summed E-state index contributed by atoms with van der Waals surface area (Å²) >= 11 is 0. The number of nitrogens with one attached hydrogen (secondary N) is 1. The molecule has 20 heavy (non-hydrogen) atoms. The summed E-state index contributed by atoms with van der Waals surface area (Å²) in [4.78, 5) is 11.1. The fourth-order valence-corrected chi connectivity index (χ4v) is 3.64. The Morgan fingerprint density at radius 2 is 1.85 bits per heavy atom. The minimum atomic E-state index is -0.129. The number of hydrogen-bond acceptors (Lipinski definition) is 3. The lowest BCUT2D eigenvalue weighted by molar-refractivity contribution is -0.00292. The van der Waals surface area contributed by atoms with Crippen LogP contribution in [-0.2, 0) is 4.74 Å². The minimum Gasteiger partial charge on any atom is -0.383 e. The van der Waals surface area contributed by atoms with E-state index in [9.17, 15) is 4.79 Å². The molecule has 1 aromatic heterocycles. The molecule has 0 bridgehead atoms. The standard InChI is InChI=1S/C16H25NO3/c18-16-10-15(20-17-16)13-6-8-14(9-7-13)19-11-12-4-2-1-3-5-12/h10,12-14H,1-9,11H2,(H,17,18). The van der Waals surface area contributed by atoms with Crippen LogP contribution < -0.4 is 5.56 Å². The molecule has 112 valence electrons. The van der Waals surface area contributed by atoms with Crippen molar-refractivity contribution in [1.82, 2.24) is 5.16 Å². The number of H-pyrrole nitrogens is 1. The molecule has 4 heteroatoms. The topological polar surface area (TPSA) is 55.2 Å². The van der Waals surface area contributed by atoms with E-state index in [2.05, 4.69) is 5.16 Å². The molecule has 3 rings (SSSR count). The summed E-state index contributed by atoms with van der Waals surface area (Å²) in [6.07, 6.45) is 11.6. The van der Waals surface area contributed by atoms with Crippen LogP contribution in [0.4, 0.5) is 0 Å². The zero-order valence-electron chi connectivity index (χ0n) is 12.1. The van der Waals surface area contributed by atoms with Crippen LogP contribution >= 0.6 is 0 Å². The van der Waals surface area contributed by atoms with Crippen molar-refractivity contribution in [3.05, 3.63) is 22.2 Å². The van der Waals surface area contributed by atoms with Gasteiger partial charge in [0, 0.05) is 18.6 Å². The second-order valence-corrected chi connectivity index (χ2v) is 6.43. The molecule has 0 spiro atoms. The van der Waals surface area contributed by atoms with Crippen molar-refractivity contribution in [3.63, 3.8) is 0 Å². The van der Waals surface area contributed by atoms with E-state index in [0.717, 1.165) is 44.0 Å². The maximum absolute atomic E-state index is 11.1. The van der Waals surface area contributed by atoms with Gasteiger partial charge in [-0.25, -0.2) is 0 Å². The van der Waals surface area contributed by atoms with E-state index in [4.69, 9.17) is 9.26 Å². The lowest BCUT2D eigenvalue weighted by atomic mass is 9.85. The van der Waals surface area contributed by atoms with Gasteiger partial charge in [-0.2, -0.15) is 5.16 Å². The van der Waals surface area contributed by atoms with E-state index in [1.165, 1.54) is 32.1 Å². The summed E-state index contributed by atoms with van der Waals surface area (Å²) < 4.78 is 11.3. The van der Waals surface area contributed by atoms with Gasteiger partial charge in [-0.15, -0.1) is 0 Å². The van der Waals surface area contributed by atoms with Crippen LogP contribution in [0.5, 0.6) is 0 Å². The van der Waals surface area contributed by atoms with Gasteiger partial charge in [0.2, 0.25) is 0 Å². The van der Waals surface area contributed by atoms with Crippen molar-refractivity contribution >= 4 is 0 Å². The first kappa shape index (κ1) is 13.9. The zero-order chi connectivity index (χ0) is 13.8. The van der Waals surface area contributed by atoms with Crippen molar-refractivity contribution in [3.8, 4) is 0 Å². The molecule has 1 N–H and O–H groups in total. The fraction of sp³-hybridized carbons (Fsp3) is 0.812. The molecule has 2 aliphatic carbocycles. The Bertz CT molecular complexity index is 450. The highest BCUT2D eigenvalue weighted by Gasteiger charge is 2.26. The molecular weight excluding hydrogens is 254 g/mol. The van der Waals surface area contributed by atoms with Gasteiger partial charge < -0.3 is 9.26 Å². The fourth-order valence-electron chi connectivity index (χ4n) is 3.64. The number of rotatable bonds is 4. The Kier molecular flexibility index (Phi) is 4.61. The van der Waals surface area contributed by atoms with E-state index >= 15 is 0 Å². The summed E-state index contributed by atoms with van der Waals surface area (Å²) in [6.45, 7) is 0.953. The van der Waals surface area contributed by atoms with Crippen molar-refractivity contribution < 1.29 is 9.26 Å². The lowest BCUT2D eigenvalue weighted by Crippen LogP contribution is -2.24. The molecule has 0 aliphatic heterocycles. The van der Waals surface area contributed by atoms with E-state index in [1.807, 2.05) is 0 Å². The highest BCUT2D eigenvalue weighted by atomic mass is 16.5. The van der Waals surface area contributed by atoms with Gasteiger partial charge in [0.1, 0.15) is 5.76 Å². The monoisotopic (exact) mass is 279 g/mol. The van der Waals surface area contributed by atoms with Crippen molar-refractivity contribution in [2.75, 3.05) is 6.61 Å². The average Bonchev–Trinajstić information content (AvgIpc) is 2.93. The summed E-state index contributed by atoms with van der Waals surface area (Å²) in [5.74, 6) is 2.01. The Morgan fingerprint density at radius 1 is 1.10 bits per heavy atom. The molecule has 2 saturated carbocycles. The quantitative estimate of drug-likeness (QED) is 0.916. The van der Waals surface area contributed by atoms with Crippen LogP contribution in [0.15, 0.2) is 15.4 Å². The zero-order valence-corrected chi connectivity index (χ0v) is 12.1. The third-order valence-electron chi connectivity index (χ3n) is 4.91. The molecular formula is C16H25NO3. The van der Waals surface area contributed by atoms with Crippen molar-refractivity contribution in [2.24, 2.45) is 5.92 Å². The smallest absolute Gasteiger partial charge is 0.280 e. The van der Waals surface area contributed by atoms with Gasteiger partial charge in [0.05, 0.1) is 6.10 Å². The molecule has 1 heterocycles. The normalized spacial score (nSPS) is 28.6. The molecule has 0 aromatic carbocycles. The van der Waals surface area contributed by atoms with Gasteiger partial charge in [-0.1, -0.05) is 19.3 Å². The average molecular weight is 279 g/mol. The van der Waals surface area contributed by atoms with Gasteiger partial charge in [-0.3, -0.25) is 4.79 Å². The first-order valence-corrected chi connectivity index (χ1v) is 8.11. The third kappa shape index (κ3) is 3.54. The van der Waals surface area contributed by atoms with Gasteiger partial charge >= 0.3 is 0 Å². The predicted octanol–water partition coefficient (Wildman–Crippen LogP) is 3.59. The summed E-state index contributed by atoms with van der Waals surface area (Å²) in [5, 5.41) is 2.38. The van der Waals surface area contributed by atoms with Gasteiger partial charge in [-0.05, 0) is 44.4 Å². The van der Waals surface area contributed by atoms with Gasteiger partial charge in [0.25, 0.3) is 5.56 Å². The molecule has 0 atom stereocenters. The Labute approximate surface area is 119 Å². The molecule has 2 aliphatic rings. The van der Waals surface area contributed by atoms with Gasteiger partial charge in [0.15, 0.2) is 0 Å². The van der Waals surface area contributed by atoms with E-state index in [0.29, 0.717) is 12.0 Å². The first-order chi connectivity index (χ1) is 9.81. The summed E-state index contributed by atoms with van der Waals surface area (Å²) in [6, 6.07) is 1.59. The SMILES string of the molecule is O=c1cc(C2CCC(OCC3CCCCC3)CC2)o[nH]1. The van der Waals surface area contributed by atoms with Crippen LogP contribution in [0.2, 0.25) is 0 Å². The van der Waals surface area contributed by atoms with Crippen molar-refractivity contribution in [2.45, 2.75) is 69.8 Å². The first-order valence-electron chi connectivity index (χ1n) is 8.11. The molecule has 4 nitrogen and oxygen atoms in total. The molecule has 2 fully saturated rings. The summed E-state index contributed by atoms with van der Waals surface area (Å²) in [7, 11) is 0. The van der Waals surface area contributed by atoms with Crippen LogP contribution in [0.25, 0.3) is 0 Å². The Balaban J connectivity index is 1.40. The number of hydrogen-bond donors (Lipinski definition) is 1. The number of ether oxygens (including phenoxy) is 1. The van der Waals surface area contributed by atoms with Crippen LogP contribution in [-0.4, -0.2) is 17.9 Å². The second-order valence-electron chi connectivity index (χ2n) is 6.43. The van der Waals surface area contributed by atoms with E-state index < -0.39 is 0 Å². The molecule has 0 unspecified atom stereocenters. The molecule has 0 radical (unpaired) electrons.